The van der Waals surface area contributed by atoms with Crippen molar-refractivity contribution in [3.63, 3.8) is 0 Å². The van der Waals surface area contributed by atoms with E-state index in [0.29, 0.717) is 0 Å². The molecule has 0 aromatic heterocycles. The zero-order valence-corrected chi connectivity index (χ0v) is 35.1. The van der Waals surface area contributed by atoms with Crippen LogP contribution in [0.3, 0.4) is 0 Å². The van der Waals surface area contributed by atoms with Crippen molar-refractivity contribution in [2.45, 2.75) is 154 Å². The van der Waals surface area contributed by atoms with Crippen LogP contribution >= 0.6 is 0 Å². The van der Waals surface area contributed by atoms with Crippen LogP contribution in [0.15, 0.2) is 5.11 Å². The molecule has 23 heteroatoms. The first-order chi connectivity index (χ1) is 26.3. The Morgan fingerprint density at radius 3 is 2.02 bits per heavy atom. The third-order valence-corrected chi connectivity index (χ3v) is 13.8. The molecule has 0 bridgehead atoms. The highest BCUT2D eigenvalue weighted by Crippen LogP contribution is 2.41. The van der Waals surface area contributed by atoms with Crippen molar-refractivity contribution in [2.24, 2.45) is 5.11 Å². The maximum atomic E-state index is 13.9. The van der Waals surface area contributed by atoms with Crippen LogP contribution in [-0.2, 0) is 80.6 Å². The van der Waals surface area contributed by atoms with Crippen LogP contribution in [0, 0.1) is 0 Å². The SMILES string of the molecule is COC(=O)[C@@]1(OC[C@H]2O[C@@H](O[Si](C)(C)C(C)(C)C)[C@H](N=[N+]=[N-])[C@@H](OC(C)=O)[C@H]2O)C[C@H](OC(C)=O)[C@@H](NC(C)=O)[C@H]([C@@H](OC(C)=O)[C@@H](COC(C)=O)OC(C)=O)O1. The number of rotatable bonds is 16. The molecule has 0 spiro atoms. The number of amides is 1. The molecule has 2 aliphatic rings. The summed E-state index contributed by atoms with van der Waals surface area (Å²) in [5, 5.41) is 17.4. The molecular weight excluding hydrogens is 780 g/mol. The van der Waals surface area contributed by atoms with E-state index in [0.717, 1.165) is 48.7 Å². The lowest BCUT2D eigenvalue weighted by Crippen LogP contribution is -2.70. The van der Waals surface area contributed by atoms with Gasteiger partial charge in [-0.3, -0.25) is 28.8 Å². The van der Waals surface area contributed by atoms with Gasteiger partial charge in [-0.25, -0.2) is 4.79 Å². The Balaban J connectivity index is 2.81. The lowest BCUT2D eigenvalue weighted by molar-refractivity contribution is -0.328. The molecule has 2 N–H and O–H groups in total. The molecule has 57 heavy (non-hydrogen) atoms. The minimum atomic E-state index is -2.76. The number of esters is 6. The second kappa shape index (κ2) is 20.3. The number of ether oxygens (including phenoxy) is 9. The predicted octanol–water partition coefficient (Wildman–Crippen LogP) is 1.24. The monoisotopic (exact) mass is 834 g/mol. The van der Waals surface area contributed by atoms with Gasteiger partial charge in [0.05, 0.1) is 26.2 Å². The van der Waals surface area contributed by atoms with E-state index in [1.54, 1.807) is 0 Å². The summed E-state index contributed by atoms with van der Waals surface area (Å²) in [5.74, 6) is -9.12. The van der Waals surface area contributed by atoms with E-state index in [2.05, 4.69) is 15.3 Å². The van der Waals surface area contributed by atoms with Gasteiger partial charge in [-0.2, -0.15) is 0 Å². The van der Waals surface area contributed by atoms with E-state index in [9.17, 15) is 44.2 Å². The first-order valence-electron chi connectivity index (χ1n) is 17.8. The molecule has 0 unspecified atom stereocenters. The Hall–Kier alpha value is -4.38. The van der Waals surface area contributed by atoms with Crippen LogP contribution in [0.5, 0.6) is 0 Å². The van der Waals surface area contributed by atoms with Crippen LogP contribution in [0.2, 0.25) is 18.1 Å². The maximum Gasteiger partial charge on any atom is 0.366 e. The van der Waals surface area contributed by atoms with Gasteiger partial charge in [0, 0.05) is 46.5 Å². The molecule has 2 rings (SSSR count). The summed E-state index contributed by atoms with van der Waals surface area (Å²) >= 11 is 0. The smallest absolute Gasteiger partial charge is 0.366 e. The van der Waals surface area contributed by atoms with Gasteiger partial charge >= 0.3 is 35.8 Å². The molecule has 22 nitrogen and oxygen atoms in total. The summed E-state index contributed by atoms with van der Waals surface area (Å²) < 4.78 is 57.0. The van der Waals surface area contributed by atoms with Gasteiger partial charge in [0.15, 0.2) is 26.8 Å². The van der Waals surface area contributed by atoms with Gasteiger partial charge in [-0.1, -0.05) is 25.9 Å². The number of hydrogen-bond acceptors (Lipinski definition) is 19. The van der Waals surface area contributed by atoms with E-state index in [1.807, 2.05) is 33.9 Å². The quantitative estimate of drug-likeness (QED) is 0.0552. The molecule has 0 saturated carbocycles. The van der Waals surface area contributed by atoms with Crippen LogP contribution in [0.1, 0.15) is 68.7 Å². The molecule has 11 atom stereocenters. The van der Waals surface area contributed by atoms with Gasteiger partial charge in [0.25, 0.3) is 5.79 Å². The zero-order valence-electron chi connectivity index (χ0n) is 34.1. The van der Waals surface area contributed by atoms with E-state index < -0.39 is 142 Å². The second-order valence-corrected chi connectivity index (χ2v) is 19.7. The molecule has 2 saturated heterocycles. The summed E-state index contributed by atoms with van der Waals surface area (Å²) in [7, 11) is -1.79. The average Bonchev–Trinajstić information content (AvgIpc) is 3.06. The van der Waals surface area contributed by atoms with E-state index in [4.69, 9.17) is 47.1 Å². The molecule has 322 valence electrons. The van der Waals surface area contributed by atoms with Crippen molar-refractivity contribution in [1.29, 1.82) is 0 Å². The molecule has 2 fully saturated rings. The third kappa shape index (κ3) is 13.3. The Morgan fingerprint density at radius 1 is 0.947 bits per heavy atom. The van der Waals surface area contributed by atoms with Crippen molar-refractivity contribution in [3.05, 3.63) is 10.4 Å². The number of nitrogens with zero attached hydrogens (tertiary/aromatic N) is 3. The van der Waals surface area contributed by atoms with Crippen molar-refractivity contribution in [1.82, 2.24) is 5.32 Å². The van der Waals surface area contributed by atoms with Crippen LogP contribution < -0.4 is 5.32 Å². The summed E-state index contributed by atoms with van der Waals surface area (Å²) in [4.78, 5) is 90.7. The lowest BCUT2D eigenvalue weighted by Gasteiger charge is -2.49. The largest absolute Gasteiger partial charge is 0.465 e. The summed E-state index contributed by atoms with van der Waals surface area (Å²) in [6.07, 6.45) is -13.8. The van der Waals surface area contributed by atoms with Crippen molar-refractivity contribution in [2.75, 3.05) is 20.3 Å². The molecule has 0 aromatic rings. The van der Waals surface area contributed by atoms with Gasteiger partial charge in [-0.05, 0) is 23.7 Å². The van der Waals surface area contributed by atoms with Gasteiger partial charge in [0.2, 0.25) is 5.91 Å². The highest BCUT2D eigenvalue weighted by Gasteiger charge is 2.60. The maximum absolute atomic E-state index is 13.9. The Bertz CT molecular complexity index is 1550. The second-order valence-electron chi connectivity index (χ2n) is 14.9. The number of azide groups is 1. The fraction of sp³-hybridized carbons (Fsp3) is 0.794. The highest BCUT2D eigenvalue weighted by molar-refractivity contribution is 6.74. The third-order valence-electron chi connectivity index (χ3n) is 9.32. The molecule has 2 heterocycles. The van der Waals surface area contributed by atoms with Gasteiger partial charge in [0.1, 0.15) is 43.2 Å². The first-order valence-corrected chi connectivity index (χ1v) is 20.7. The van der Waals surface area contributed by atoms with E-state index >= 15 is 0 Å². The molecule has 0 radical (unpaired) electrons. The standard InChI is InChI=1S/C34H54N4O18Si/c1-16(39)36-25-22(50-18(3)41)13-34(32(46)47-10,55-30(25)28(52-20(5)43)24(51-19(4)42)14-48-17(2)40)49-15-23-27(45)29(53-21(6)44)26(37-38-35)31(54-23)56-57(11,12)33(7,8)9/h22-31,45H,13-15H2,1-12H3,(H,36,39)/t22-,23+,24+,25+,26+,27-,28-,29+,30+,31-,34+/m0/s1. The number of nitrogens with one attached hydrogen (secondary N) is 1. The van der Waals surface area contributed by atoms with Gasteiger partial charge < -0.3 is 57.5 Å². The van der Waals surface area contributed by atoms with Gasteiger partial charge in [-0.15, -0.1) is 0 Å². The number of aliphatic hydroxyl groups excluding tert-OH is 1. The Kier molecular flexibility index (Phi) is 17.4. The van der Waals surface area contributed by atoms with Crippen molar-refractivity contribution >= 4 is 50.0 Å². The highest BCUT2D eigenvalue weighted by atomic mass is 28.4. The van der Waals surface area contributed by atoms with Crippen LogP contribution in [-0.4, -0.2) is 142 Å². The number of carbonyl (C=O) groups is 7. The number of methoxy groups -OCH3 is 1. The fourth-order valence-corrected chi connectivity index (χ4v) is 7.01. The number of aliphatic hydroxyl groups is 1. The topological polar surface area (TPSA) is 293 Å². The normalized spacial score (nSPS) is 28.6. The average molecular weight is 835 g/mol. The molecule has 0 aliphatic carbocycles. The summed E-state index contributed by atoms with van der Waals surface area (Å²) in [6.45, 7) is 14.3. The van der Waals surface area contributed by atoms with Crippen LogP contribution in [0.4, 0.5) is 0 Å². The minimum absolute atomic E-state index is 0.412. The number of hydrogen-bond donors (Lipinski definition) is 2. The van der Waals surface area contributed by atoms with Crippen molar-refractivity contribution in [3.8, 4) is 0 Å². The summed E-state index contributed by atoms with van der Waals surface area (Å²) in [5.41, 5.74) is 9.43. The van der Waals surface area contributed by atoms with E-state index in [1.165, 1.54) is 0 Å². The van der Waals surface area contributed by atoms with Crippen LogP contribution in [0.25, 0.3) is 10.4 Å². The predicted molar refractivity (Wildman–Crippen MR) is 193 cm³/mol. The molecule has 0 aromatic carbocycles. The first kappa shape index (κ1) is 48.8. The van der Waals surface area contributed by atoms with E-state index in [-0.39, 0.29) is 0 Å². The Labute approximate surface area is 330 Å². The number of carbonyl (C=O) groups excluding carboxylic acids is 7. The Morgan fingerprint density at radius 2 is 1.54 bits per heavy atom. The minimum Gasteiger partial charge on any atom is -0.465 e. The molecular formula is C34H54N4O18Si. The molecule has 1 amide bonds. The van der Waals surface area contributed by atoms with Crippen molar-refractivity contribution < 1.29 is 85.7 Å². The molecule has 2 aliphatic heterocycles. The fourth-order valence-electron chi connectivity index (χ4n) is 5.88. The lowest BCUT2D eigenvalue weighted by atomic mass is 9.87. The zero-order chi connectivity index (χ0) is 43.6. The summed E-state index contributed by atoms with van der Waals surface area (Å²) in [6, 6.07) is -2.86.